The largest absolute Gasteiger partial charge is 0.481 e. The number of benzene rings is 1. The summed E-state index contributed by atoms with van der Waals surface area (Å²) < 4.78 is 12.7. The number of halogens is 2. The van der Waals surface area contributed by atoms with Gasteiger partial charge in [-0.15, -0.1) is 0 Å². The van der Waals surface area contributed by atoms with E-state index in [2.05, 4.69) is 6.07 Å². The van der Waals surface area contributed by atoms with Crippen molar-refractivity contribution in [3.05, 3.63) is 27.7 Å². The van der Waals surface area contributed by atoms with Crippen molar-refractivity contribution in [1.82, 2.24) is 4.57 Å². The Morgan fingerprint density at radius 3 is 2.70 bits per heavy atom. The number of nitriles is 1. The highest BCUT2D eigenvalue weighted by Gasteiger charge is 2.37. The Hall–Kier alpha value is -1.49. The Labute approximate surface area is 142 Å². The number of methoxy groups -OCH3 is 1. The topological polar surface area (TPSA) is 87.6 Å². The standard InChI is InChI=1S/C15H14Cl2N2O4/c1-22-15-8(5-18)7-2-9(16)10(17)3-11(7)19(15)14-4-12(21)13(6-20)23-14/h2-3,12-14,20-21H,4,6H2,1H3/t12-,13+,14+/m0/s1. The quantitative estimate of drug-likeness (QED) is 0.881. The third-order valence-corrected chi connectivity index (χ3v) is 4.70. The van der Waals surface area contributed by atoms with Gasteiger partial charge in [-0.1, -0.05) is 23.2 Å². The molecule has 1 aliphatic rings. The molecule has 2 aromatic rings. The van der Waals surface area contributed by atoms with Crippen LogP contribution in [0.2, 0.25) is 10.0 Å². The van der Waals surface area contributed by atoms with E-state index >= 15 is 0 Å². The summed E-state index contributed by atoms with van der Waals surface area (Å²) >= 11 is 12.2. The lowest BCUT2D eigenvalue weighted by Crippen LogP contribution is -2.24. The number of rotatable bonds is 3. The first-order valence-corrected chi connectivity index (χ1v) is 7.68. The van der Waals surface area contributed by atoms with Crippen LogP contribution in [0.5, 0.6) is 5.88 Å². The van der Waals surface area contributed by atoms with Crippen molar-refractivity contribution in [3.8, 4) is 11.9 Å². The van der Waals surface area contributed by atoms with Gasteiger partial charge in [-0.3, -0.25) is 4.57 Å². The van der Waals surface area contributed by atoms with Gasteiger partial charge in [-0.05, 0) is 12.1 Å². The molecule has 122 valence electrons. The molecule has 0 bridgehead atoms. The number of hydrogen-bond donors (Lipinski definition) is 2. The van der Waals surface area contributed by atoms with Crippen LogP contribution in [0.25, 0.3) is 10.9 Å². The van der Waals surface area contributed by atoms with Crippen molar-refractivity contribution < 1.29 is 19.7 Å². The monoisotopic (exact) mass is 356 g/mol. The molecule has 0 spiro atoms. The molecule has 6 nitrogen and oxygen atoms in total. The first-order valence-electron chi connectivity index (χ1n) is 6.93. The van der Waals surface area contributed by atoms with Crippen molar-refractivity contribution >= 4 is 34.1 Å². The molecule has 1 aromatic carbocycles. The van der Waals surface area contributed by atoms with Crippen LogP contribution in [0.3, 0.4) is 0 Å². The minimum Gasteiger partial charge on any atom is -0.481 e. The average Bonchev–Trinajstić information content (AvgIpc) is 3.04. The lowest BCUT2D eigenvalue weighted by atomic mass is 10.2. The van der Waals surface area contributed by atoms with Crippen molar-refractivity contribution in [2.45, 2.75) is 24.9 Å². The van der Waals surface area contributed by atoms with E-state index in [1.54, 1.807) is 16.7 Å². The molecule has 0 radical (unpaired) electrons. The van der Waals surface area contributed by atoms with E-state index in [0.29, 0.717) is 32.4 Å². The summed E-state index contributed by atoms with van der Waals surface area (Å²) in [5.74, 6) is 0.302. The summed E-state index contributed by atoms with van der Waals surface area (Å²) in [6.07, 6.45) is -1.81. The Morgan fingerprint density at radius 1 is 1.43 bits per heavy atom. The number of fused-ring (bicyclic) bond motifs is 1. The molecule has 1 aromatic heterocycles. The SMILES string of the molecule is COc1c(C#N)c2cc(Cl)c(Cl)cc2n1[C@H]1C[C@H](O)[C@@H](CO)O1. The minimum atomic E-state index is -0.805. The Balaban J connectivity index is 2.24. The second-order valence-electron chi connectivity index (χ2n) is 5.26. The maximum Gasteiger partial charge on any atom is 0.214 e. The summed E-state index contributed by atoms with van der Waals surface area (Å²) in [5.41, 5.74) is 0.926. The molecule has 8 heteroatoms. The maximum atomic E-state index is 9.97. The number of nitrogens with zero attached hydrogens (tertiary/aromatic N) is 2. The average molecular weight is 357 g/mol. The Bertz CT molecular complexity index is 799. The zero-order valence-electron chi connectivity index (χ0n) is 12.2. The van der Waals surface area contributed by atoms with Crippen LogP contribution in [0.15, 0.2) is 12.1 Å². The highest BCUT2D eigenvalue weighted by Crippen LogP contribution is 2.42. The van der Waals surface area contributed by atoms with Gasteiger partial charge in [0.1, 0.15) is 24.0 Å². The predicted molar refractivity (Wildman–Crippen MR) is 84.8 cm³/mol. The van der Waals surface area contributed by atoms with Gasteiger partial charge in [-0.25, -0.2) is 0 Å². The molecule has 0 aliphatic carbocycles. The normalized spacial score (nSPS) is 24.1. The highest BCUT2D eigenvalue weighted by molar-refractivity contribution is 6.42. The molecule has 3 atom stereocenters. The van der Waals surface area contributed by atoms with Crippen molar-refractivity contribution in [2.24, 2.45) is 0 Å². The van der Waals surface area contributed by atoms with Gasteiger partial charge in [0.25, 0.3) is 0 Å². The van der Waals surface area contributed by atoms with Gasteiger partial charge in [-0.2, -0.15) is 5.26 Å². The third kappa shape index (κ3) is 2.55. The summed E-state index contributed by atoms with van der Waals surface area (Å²) in [6.45, 7) is -0.295. The van der Waals surface area contributed by atoms with E-state index in [0.717, 1.165) is 0 Å². The molecule has 2 heterocycles. The van der Waals surface area contributed by atoms with E-state index in [1.807, 2.05) is 0 Å². The molecule has 23 heavy (non-hydrogen) atoms. The second kappa shape index (κ2) is 6.19. The van der Waals surface area contributed by atoms with Crippen LogP contribution in [-0.4, -0.2) is 40.7 Å². The minimum absolute atomic E-state index is 0.260. The smallest absolute Gasteiger partial charge is 0.214 e. The number of aliphatic hydroxyl groups excluding tert-OH is 2. The van der Waals surface area contributed by atoms with Crippen LogP contribution < -0.4 is 4.74 Å². The van der Waals surface area contributed by atoms with E-state index in [9.17, 15) is 15.5 Å². The van der Waals surface area contributed by atoms with Gasteiger partial charge in [0.2, 0.25) is 5.88 Å². The molecule has 2 N–H and O–H groups in total. The third-order valence-electron chi connectivity index (χ3n) is 3.98. The first kappa shape index (κ1) is 16.4. The molecule has 0 saturated carbocycles. The van der Waals surface area contributed by atoms with Crippen molar-refractivity contribution in [1.29, 1.82) is 5.26 Å². The molecule has 0 unspecified atom stereocenters. The van der Waals surface area contributed by atoms with E-state index in [-0.39, 0.29) is 13.0 Å². The summed E-state index contributed by atoms with van der Waals surface area (Å²) in [6, 6.07) is 5.33. The molecule has 1 aliphatic heterocycles. The van der Waals surface area contributed by atoms with Crippen LogP contribution >= 0.6 is 23.2 Å². The molecular formula is C15H14Cl2N2O4. The van der Waals surface area contributed by atoms with Gasteiger partial charge >= 0.3 is 0 Å². The zero-order valence-corrected chi connectivity index (χ0v) is 13.7. The number of aromatic nitrogens is 1. The van der Waals surface area contributed by atoms with Crippen LogP contribution in [0.4, 0.5) is 0 Å². The molecular weight excluding hydrogens is 343 g/mol. The van der Waals surface area contributed by atoms with E-state index < -0.39 is 18.4 Å². The lowest BCUT2D eigenvalue weighted by molar-refractivity contribution is -0.0446. The van der Waals surface area contributed by atoms with E-state index in [1.165, 1.54) is 7.11 Å². The molecule has 1 fully saturated rings. The summed E-state index contributed by atoms with van der Waals surface area (Å²) in [5, 5.41) is 29.9. The predicted octanol–water partition coefficient (Wildman–Crippen LogP) is 2.47. The lowest BCUT2D eigenvalue weighted by Gasteiger charge is -2.17. The van der Waals surface area contributed by atoms with Crippen LogP contribution in [0, 0.1) is 11.3 Å². The zero-order chi connectivity index (χ0) is 16.7. The first-order chi connectivity index (χ1) is 11.0. The van der Waals surface area contributed by atoms with Crippen molar-refractivity contribution in [2.75, 3.05) is 13.7 Å². The number of hydrogen-bond acceptors (Lipinski definition) is 5. The fourth-order valence-corrected chi connectivity index (χ4v) is 3.23. The second-order valence-corrected chi connectivity index (χ2v) is 6.08. The molecule has 0 amide bonds. The molecule has 3 rings (SSSR count). The van der Waals surface area contributed by atoms with Gasteiger partial charge in [0.05, 0.1) is 35.4 Å². The number of ether oxygens (including phenoxy) is 2. The maximum absolute atomic E-state index is 9.97. The van der Waals surface area contributed by atoms with Gasteiger partial charge < -0.3 is 19.7 Å². The summed E-state index contributed by atoms with van der Waals surface area (Å²) in [7, 11) is 1.45. The molecule has 1 saturated heterocycles. The van der Waals surface area contributed by atoms with Gasteiger partial charge in [0, 0.05) is 11.8 Å². The fraction of sp³-hybridized carbons (Fsp3) is 0.400. The van der Waals surface area contributed by atoms with Gasteiger partial charge in [0.15, 0.2) is 0 Å². The fourth-order valence-electron chi connectivity index (χ4n) is 2.91. The van der Waals surface area contributed by atoms with E-state index in [4.69, 9.17) is 32.7 Å². The number of aliphatic hydroxyl groups is 2. The summed E-state index contributed by atoms with van der Waals surface area (Å²) in [4.78, 5) is 0. The van der Waals surface area contributed by atoms with Crippen LogP contribution in [-0.2, 0) is 4.74 Å². The Kier molecular flexibility index (Phi) is 4.41. The van der Waals surface area contributed by atoms with Crippen LogP contribution in [0.1, 0.15) is 18.2 Å². The Morgan fingerprint density at radius 2 is 2.13 bits per heavy atom. The van der Waals surface area contributed by atoms with Crippen molar-refractivity contribution in [3.63, 3.8) is 0 Å². The highest BCUT2D eigenvalue weighted by atomic mass is 35.5.